The summed E-state index contributed by atoms with van der Waals surface area (Å²) in [5.74, 6) is -0.0742. The van der Waals surface area contributed by atoms with Crippen LogP contribution in [0.15, 0.2) is 23.3 Å². The molecule has 0 unspecified atom stereocenters. The molecule has 1 aromatic rings. The Kier molecular flexibility index (Phi) is 6.88. The van der Waals surface area contributed by atoms with Crippen LogP contribution in [0, 0.1) is 5.92 Å². The van der Waals surface area contributed by atoms with E-state index in [9.17, 15) is 9.59 Å². The van der Waals surface area contributed by atoms with Gasteiger partial charge in [-0.15, -0.1) is 0 Å². The Labute approximate surface area is 129 Å². The normalized spacial score (nSPS) is 10.6. The predicted octanol–water partition coefficient (Wildman–Crippen LogP) is 0.926. The zero-order valence-electron chi connectivity index (χ0n) is 13.2. The molecule has 0 radical (unpaired) electrons. The third kappa shape index (κ3) is 5.43. The summed E-state index contributed by atoms with van der Waals surface area (Å²) in [5.41, 5.74) is 2.78. The Morgan fingerprint density at radius 1 is 1.23 bits per heavy atom. The lowest BCUT2D eigenvalue weighted by molar-refractivity contribution is -0.139. The molecular weight excluding hydrogens is 286 g/mol. The van der Waals surface area contributed by atoms with Gasteiger partial charge in [0.1, 0.15) is 11.5 Å². The number of methoxy groups -OCH3 is 2. The van der Waals surface area contributed by atoms with Crippen molar-refractivity contribution in [3.8, 4) is 11.5 Å². The maximum absolute atomic E-state index is 11.5. The number of rotatable bonds is 6. The Balaban J connectivity index is 2.65. The van der Waals surface area contributed by atoms with Gasteiger partial charge in [-0.05, 0) is 24.1 Å². The number of hydrazone groups is 1. The molecule has 0 fully saturated rings. The molecule has 0 aromatic heterocycles. The predicted molar refractivity (Wildman–Crippen MR) is 83.1 cm³/mol. The first-order valence-electron chi connectivity index (χ1n) is 6.81. The standard InChI is InChI=1S/C15H21N3O4/c1-10(2)8-16-14(19)15(20)18-17-9-11-7-12(21-3)5-6-13(11)22-4/h5-7,9-10H,8H2,1-4H3,(H,16,19)(H,18,20)/b17-9-. The number of nitrogens with one attached hydrogen (secondary N) is 2. The first-order chi connectivity index (χ1) is 10.5. The van der Waals surface area contributed by atoms with Crippen molar-refractivity contribution in [1.82, 2.24) is 10.7 Å². The third-order valence-electron chi connectivity index (χ3n) is 2.68. The lowest BCUT2D eigenvalue weighted by Gasteiger charge is -2.07. The molecule has 7 nitrogen and oxygen atoms in total. The maximum atomic E-state index is 11.5. The number of nitrogens with zero attached hydrogens (tertiary/aromatic N) is 1. The summed E-state index contributed by atoms with van der Waals surface area (Å²) in [6, 6.07) is 5.17. The monoisotopic (exact) mass is 307 g/mol. The van der Waals surface area contributed by atoms with Crippen LogP contribution in [0.3, 0.4) is 0 Å². The molecule has 120 valence electrons. The molecule has 0 aliphatic heterocycles. The Morgan fingerprint density at radius 2 is 1.95 bits per heavy atom. The minimum Gasteiger partial charge on any atom is -0.497 e. The molecular formula is C15H21N3O4. The highest BCUT2D eigenvalue weighted by atomic mass is 16.5. The molecule has 7 heteroatoms. The molecule has 0 bridgehead atoms. The van der Waals surface area contributed by atoms with Gasteiger partial charge < -0.3 is 14.8 Å². The van der Waals surface area contributed by atoms with Crippen LogP contribution in [0.2, 0.25) is 0 Å². The summed E-state index contributed by atoms with van der Waals surface area (Å²) in [6.07, 6.45) is 1.38. The number of hydrogen-bond acceptors (Lipinski definition) is 5. The van der Waals surface area contributed by atoms with Gasteiger partial charge in [0, 0.05) is 12.1 Å². The maximum Gasteiger partial charge on any atom is 0.329 e. The van der Waals surface area contributed by atoms with E-state index < -0.39 is 11.8 Å². The van der Waals surface area contributed by atoms with Crippen molar-refractivity contribution < 1.29 is 19.1 Å². The minimum absolute atomic E-state index is 0.265. The number of carbonyl (C=O) groups excluding carboxylic acids is 2. The van der Waals surface area contributed by atoms with Gasteiger partial charge in [-0.3, -0.25) is 9.59 Å². The number of carbonyl (C=O) groups is 2. The fourth-order valence-corrected chi connectivity index (χ4v) is 1.53. The second-order valence-corrected chi connectivity index (χ2v) is 4.91. The number of benzene rings is 1. The van der Waals surface area contributed by atoms with Gasteiger partial charge in [0.25, 0.3) is 0 Å². The van der Waals surface area contributed by atoms with Gasteiger partial charge in [-0.25, -0.2) is 5.43 Å². The first kappa shape index (κ1) is 17.5. The molecule has 0 spiro atoms. The minimum atomic E-state index is -0.821. The van der Waals surface area contributed by atoms with Gasteiger partial charge >= 0.3 is 11.8 Å². The molecule has 0 atom stereocenters. The molecule has 1 rings (SSSR count). The van der Waals surface area contributed by atoms with E-state index in [1.54, 1.807) is 25.3 Å². The van der Waals surface area contributed by atoms with Crippen LogP contribution in [0.5, 0.6) is 11.5 Å². The van der Waals surface area contributed by atoms with Gasteiger partial charge in [0.15, 0.2) is 0 Å². The molecule has 0 aliphatic rings. The topological polar surface area (TPSA) is 89.0 Å². The number of amides is 2. The highest BCUT2D eigenvalue weighted by Crippen LogP contribution is 2.22. The zero-order valence-corrected chi connectivity index (χ0v) is 13.2. The van der Waals surface area contributed by atoms with Gasteiger partial charge in [0.05, 0.1) is 20.4 Å². The molecule has 22 heavy (non-hydrogen) atoms. The molecule has 1 aromatic carbocycles. The van der Waals surface area contributed by atoms with Crippen LogP contribution in [-0.4, -0.2) is 38.8 Å². The van der Waals surface area contributed by atoms with Crippen molar-refractivity contribution in [3.63, 3.8) is 0 Å². The zero-order chi connectivity index (χ0) is 16.5. The van der Waals surface area contributed by atoms with Gasteiger partial charge in [-0.2, -0.15) is 5.10 Å². The fourth-order valence-electron chi connectivity index (χ4n) is 1.53. The van der Waals surface area contributed by atoms with Crippen LogP contribution in [0.25, 0.3) is 0 Å². The van der Waals surface area contributed by atoms with Crippen molar-refractivity contribution in [3.05, 3.63) is 23.8 Å². The number of hydrogen-bond donors (Lipinski definition) is 2. The van der Waals surface area contributed by atoms with E-state index >= 15 is 0 Å². The summed E-state index contributed by atoms with van der Waals surface area (Å²) in [4.78, 5) is 23.0. The molecule has 0 heterocycles. The molecule has 0 aliphatic carbocycles. The van der Waals surface area contributed by atoms with Crippen LogP contribution < -0.4 is 20.2 Å². The summed E-state index contributed by atoms with van der Waals surface area (Å²) in [7, 11) is 3.07. The first-order valence-corrected chi connectivity index (χ1v) is 6.81. The molecule has 0 saturated carbocycles. The highest BCUT2D eigenvalue weighted by Gasteiger charge is 2.12. The largest absolute Gasteiger partial charge is 0.497 e. The van der Waals surface area contributed by atoms with Crippen molar-refractivity contribution >= 4 is 18.0 Å². The molecule has 2 N–H and O–H groups in total. The summed E-state index contributed by atoms with van der Waals surface area (Å²) < 4.78 is 10.3. The third-order valence-corrected chi connectivity index (χ3v) is 2.68. The second-order valence-electron chi connectivity index (χ2n) is 4.91. The number of ether oxygens (including phenoxy) is 2. The molecule has 2 amide bonds. The van der Waals surface area contributed by atoms with Crippen molar-refractivity contribution in [2.24, 2.45) is 11.0 Å². The van der Waals surface area contributed by atoms with Crippen LogP contribution in [-0.2, 0) is 9.59 Å². The lowest BCUT2D eigenvalue weighted by atomic mass is 10.2. The van der Waals surface area contributed by atoms with Crippen molar-refractivity contribution in [1.29, 1.82) is 0 Å². The van der Waals surface area contributed by atoms with Crippen LogP contribution >= 0.6 is 0 Å². The van der Waals surface area contributed by atoms with Crippen molar-refractivity contribution in [2.45, 2.75) is 13.8 Å². The average molecular weight is 307 g/mol. The SMILES string of the molecule is COc1ccc(OC)c(/C=N\NC(=O)C(=O)NCC(C)C)c1. The summed E-state index contributed by atoms with van der Waals surface area (Å²) in [5, 5.41) is 6.25. The van der Waals surface area contributed by atoms with E-state index in [4.69, 9.17) is 9.47 Å². The van der Waals surface area contributed by atoms with E-state index in [2.05, 4.69) is 15.8 Å². The van der Waals surface area contributed by atoms with Crippen molar-refractivity contribution in [2.75, 3.05) is 20.8 Å². The van der Waals surface area contributed by atoms with E-state index in [1.165, 1.54) is 13.3 Å². The van der Waals surface area contributed by atoms with Crippen LogP contribution in [0.1, 0.15) is 19.4 Å². The second kappa shape index (κ2) is 8.66. The fraction of sp³-hybridized carbons (Fsp3) is 0.400. The summed E-state index contributed by atoms with van der Waals surface area (Å²) >= 11 is 0. The summed E-state index contributed by atoms with van der Waals surface area (Å²) in [6.45, 7) is 4.30. The average Bonchev–Trinajstić information content (AvgIpc) is 2.52. The Hall–Kier alpha value is -2.57. The Morgan fingerprint density at radius 3 is 2.55 bits per heavy atom. The quantitative estimate of drug-likeness (QED) is 0.465. The smallest absolute Gasteiger partial charge is 0.329 e. The van der Waals surface area contributed by atoms with E-state index in [0.717, 1.165) is 0 Å². The Bertz CT molecular complexity index is 556. The lowest BCUT2D eigenvalue weighted by Crippen LogP contribution is -2.39. The van der Waals surface area contributed by atoms with E-state index in [-0.39, 0.29) is 5.92 Å². The van der Waals surface area contributed by atoms with E-state index in [0.29, 0.717) is 23.6 Å². The van der Waals surface area contributed by atoms with Gasteiger partial charge in [-0.1, -0.05) is 13.8 Å². The van der Waals surface area contributed by atoms with Gasteiger partial charge in [0.2, 0.25) is 0 Å². The highest BCUT2D eigenvalue weighted by molar-refractivity contribution is 6.35. The van der Waals surface area contributed by atoms with Crippen LogP contribution in [0.4, 0.5) is 0 Å². The van der Waals surface area contributed by atoms with E-state index in [1.807, 2.05) is 13.8 Å². The molecule has 0 saturated heterocycles.